The van der Waals surface area contributed by atoms with Gasteiger partial charge in [0.15, 0.2) is 0 Å². The number of hydrogen-bond acceptors (Lipinski definition) is 7. The van der Waals surface area contributed by atoms with Crippen molar-refractivity contribution < 1.29 is 33.6 Å². The molecule has 2 amide bonds. The maximum atomic E-state index is 13.0. The highest BCUT2D eigenvalue weighted by Gasteiger charge is 2.56. The molecule has 0 aromatic rings. The number of methoxy groups -OCH3 is 1. The Morgan fingerprint density at radius 2 is 1.76 bits per heavy atom. The zero-order chi connectivity index (χ0) is 34.0. The molecule has 2 saturated heterocycles. The average Bonchev–Trinajstić information content (AvgIpc) is 3.70. The molecule has 0 radical (unpaired) electrons. The average molecular weight is 649 g/mol. The number of rotatable bonds is 16. The van der Waals surface area contributed by atoms with Crippen molar-refractivity contribution in [2.24, 2.45) is 29.6 Å². The largest absolute Gasteiger partial charge is 0.449 e. The molecule has 2 heterocycles. The highest BCUT2D eigenvalue weighted by molar-refractivity contribution is 5.78. The van der Waals surface area contributed by atoms with E-state index in [4.69, 9.17) is 18.9 Å². The van der Waals surface area contributed by atoms with Crippen LogP contribution in [0.3, 0.4) is 0 Å². The third-order valence-corrected chi connectivity index (χ3v) is 10.6. The van der Waals surface area contributed by atoms with Crippen LogP contribution in [0.5, 0.6) is 0 Å². The minimum atomic E-state index is -0.535. The summed E-state index contributed by atoms with van der Waals surface area (Å²) in [7, 11) is 1.65. The second kappa shape index (κ2) is 18.0. The van der Waals surface area contributed by atoms with Gasteiger partial charge in [0.2, 0.25) is 5.91 Å². The zero-order valence-corrected chi connectivity index (χ0v) is 30.1. The quantitative estimate of drug-likeness (QED) is 0.150. The number of carbonyl (C=O) groups is 2. The van der Waals surface area contributed by atoms with E-state index in [0.717, 1.165) is 44.9 Å². The summed E-state index contributed by atoms with van der Waals surface area (Å²) in [6.45, 7) is 18.8. The number of nitrogens with zero attached hydrogens (tertiary/aromatic N) is 1. The van der Waals surface area contributed by atoms with Gasteiger partial charge in [-0.3, -0.25) is 4.79 Å². The van der Waals surface area contributed by atoms with E-state index in [1.54, 1.807) is 18.9 Å². The summed E-state index contributed by atoms with van der Waals surface area (Å²) in [5.41, 5.74) is 0.998. The first kappa shape index (κ1) is 38.5. The fraction of sp³-hybridized carbons (Fsp3) is 0.838. The molecule has 0 bridgehead atoms. The molecule has 0 aromatic heterocycles. The number of nitrogens with one attached hydrogen (secondary N) is 1. The molecule has 3 aliphatic rings. The van der Waals surface area contributed by atoms with Crippen LogP contribution >= 0.6 is 0 Å². The third kappa shape index (κ3) is 10.8. The molecule has 1 saturated carbocycles. The Morgan fingerprint density at radius 3 is 2.37 bits per heavy atom. The van der Waals surface area contributed by atoms with Crippen molar-refractivity contribution >= 4 is 12.0 Å². The standard InChI is InChI=1S/C37H64N2O7/c1-10-39(11-2)36(42)44-23-29-16-18-30(19-17-29)35(41)38-22-31-20-15-26(5)32(45-31)25(4)14-12-13-24(3)21-37(8)34(46-37)27(6)33(43-9)28(7)40/h12-14,24,26-34,40H,10-11,15-23H2,1-9H3,(H,38,41)/b13-12+,25-14+/t24-,26+,27-,28-,29?,30?,31-,32-,33-,34-,37-/m1/s1. The summed E-state index contributed by atoms with van der Waals surface area (Å²) in [6, 6.07) is 0. The molecule has 9 heteroatoms. The Morgan fingerprint density at radius 1 is 1.09 bits per heavy atom. The van der Waals surface area contributed by atoms with Gasteiger partial charge >= 0.3 is 6.09 Å². The topological polar surface area (TPSA) is 110 Å². The lowest BCUT2D eigenvalue weighted by Crippen LogP contribution is -2.43. The van der Waals surface area contributed by atoms with Gasteiger partial charge in [-0.2, -0.15) is 0 Å². The van der Waals surface area contributed by atoms with Gasteiger partial charge in [-0.25, -0.2) is 4.79 Å². The monoisotopic (exact) mass is 648 g/mol. The summed E-state index contributed by atoms with van der Waals surface area (Å²) in [6.07, 6.45) is 12.0. The van der Waals surface area contributed by atoms with Gasteiger partial charge in [-0.1, -0.05) is 39.0 Å². The Labute approximate surface area is 278 Å². The number of aliphatic hydroxyl groups is 1. The normalized spacial score (nSPS) is 32.8. The van der Waals surface area contributed by atoms with Gasteiger partial charge in [0.05, 0.1) is 42.7 Å². The Balaban J connectivity index is 1.40. The van der Waals surface area contributed by atoms with E-state index in [1.165, 1.54) is 5.57 Å². The van der Waals surface area contributed by atoms with E-state index in [2.05, 4.69) is 58.2 Å². The smallest absolute Gasteiger partial charge is 0.409 e. The van der Waals surface area contributed by atoms with E-state index in [1.807, 2.05) is 13.8 Å². The first-order valence-electron chi connectivity index (χ1n) is 17.9. The summed E-state index contributed by atoms with van der Waals surface area (Å²) >= 11 is 0. The number of hydrogen-bond donors (Lipinski definition) is 2. The van der Waals surface area contributed by atoms with E-state index >= 15 is 0 Å². The zero-order valence-electron chi connectivity index (χ0n) is 30.1. The number of amides is 2. The minimum Gasteiger partial charge on any atom is -0.449 e. The number of allylic oxidation sites excluding steroid dienone is 3. The molecule has 0 unspecified atom stereocenters. The van der Waals surface area contributed by atoms with Gasteiger partial charge < -0.3 is 34.3 Å². The summed E-state index contributed by atoms with van der Waals surface area (Å²) in [5, 5.41) is 13.2. The van der Waals surface area contributed by atoms with Crippen LogP contribution in [0, 0.1) is 29.6 Å². The Bertz CT molecular complexity index is 1020. The van der Waals surface area contributed by atoms with Gasteiger partial charge in [0.1, 0.15) is 0 Å². The van der Waals surface area contributed by atoms with Crippen LogP contribution in [-0.2, 0) is 23.7 Å². The number of carbonyl (C=O) groups excluding carboxylic acids is 2. The molecular weight excluding hydrogens is 584 g/mol. The number of ether oxygens (including phenoxy) is 4. The van der Waals surface area contributed by atoms with Crippen LogP contribution in [0.15, 0.2) is 23.8 Å². The first-order chi connectivity index (χ1) is 21.8. The predicted molar refractivity (Wildman–Crippen MR) is 181 cm³/mol. The van der Waals surface area contributed by atoms with Gasteiger partial charge in [0.25, 0.3) is 0 Å². The molecule has 264 valence electrons. The van der Waals surface area contributed by atoms with Crippen LogP contribution in [0.1, 0.15) is 100 Å². The molecule has 3 rings (SSSR count). The van der Waals surface area contributed by atoms with E-state index in [-0.39, 0.29) is 53.9 Å². The fourth-order valence-corrected chi connectivity index (χ4v) is 7.73. The van der Waals surface area contributed by atoms with Crippen molar-refractivity contribution in [2.75, 3.05) is 33.4 Å². The van der Waals surface area contributed by atoms with Crippen LogP contribution in [0.2, 0.25) is 0 Å². The molecule has 3 fully saturated rings. The molecule has 2 N–H and O–H groups in total. The van der Waals surface area contributed by atoms with Crippen LogP contribution in [0.25, 0.3) is 0 Å². The van der Waals surface area contributed by atoms with Crippen molar-refractivity contribution in [3.8, 4) is 0 Å². The van der Waals surface area contributed by atoms with Crippen LogP contribution in [0.4, 0.5) is 4.79 Å². The van der Waals surface area contributed by atoms with Crippen molar-refractivity contribution in [2.45, 2.75) is 136 Å². The minimum absolute atomic E-state index is 0.00989. The molecule has 9 atom stereocenters. The molecule has 2 aliphatic heterocycles. The lowest BCUT2D eigenvalue weighted by molar-refractivity contribution is -0.128. The summed E-state index contributed by atoms with van der Waals surface area (Å²) < 4.78 is 23.7. The van der Waals surface area contributed by atoms with Crippen LogP contribution < -0.4 is 5.32 Å². The maximum absolute atomic E-state index is 13.0. The molecule has 46 heavy (non-hydrogen) atoms. The first-order valence-corrected chi connectivity index (χ1v) is 17.9. The molecule has 1 aliphatic carbocycles. The summed E-state index contributed by atoms with van der Waals surface area (Å²) in [5.74, 6) is 1.34. The van der Waals surface area contributed by atoms with Crippen molar-refractivity contribution in [1.82, 2.24) is 10.2 Å². The second-order valence-corrected chi connectivity index (χ2v) is 14.6. The molecule has 9 nitrogen and oxygen atoms in total. The number of aliphatic hydroxyl groups excluding tert-OH is 1. The van der Waals surface area contributed by atoms with E-state index in [0.29, 0.717) is 44.0 Å². The van der Waals surface area contributed by atoms with Crippen LogP contribution in [-0.4, -0.2) is 91.5 Å². The predicted octanol–water partition coefficient (Wildman–Crippen LogP) is 6.29. The highest BCUT2D eigenvalue weighted by Crippen LogP contribution is 2.47. The lowest BCUT2D eigenvalue weighted by Gasteiger charge is -2.36. The molecular formula is C37H64N2O7. The highest BCUT2D eigenvalue weighted by atomic mass is 16.6. The van der Waals surface area contributed by atoms with Crippen molar-refractivity contribution in [1.29, 1.82) is 0 Å². The third-order valence-electron chi connectivity index (χ3n) is 10.6. The Kier molecular flexibility index (Phi) is 15.1. The van der Waals surface area contributed by atoms with Gasteiger partial charge in [-0.05, 0) is 103 Å². The van der Waals surface area contributed by atoms with Crippen molar-refractivity contribution in [3.05, 3.63) is 23.8 Å². The van der Waals surface area contributed by atoms with E-state index in [9.17, 15) is 14.7 Å². The maximum Gasteiger partial charge on any atom is 0.409 e. The second-order valence-electron chi connectivity index (χ2n) is 14.6. The van der Waals surface area contributed by atoms with Gasteiger partial charge in [0, 0.05) is 38.6 Å². The lowest BCUT2D eigenvalue weighted by atomic mass is 9.82. The van der Waals surface area contributed by atoms with E-state index < -0.39 is 6.10 Å². The fourth-order valence-electron chi connectivity index (χ4n) is 7.73. The Hall–Kier alpha value is -1.94. The van der Waals surface area contributed by atoms with Gasteiger partial charge in [-0.15, -0.1) is 0 Å². The molecule has 0 aromatic carbocycles. The SMILES string of the molecule is CCN(CC)C(=O)OCC1CCC(C(=O)NC[C@H]2CC[C@H](C)[C@@H](/C(C)=C/C=C/[C@@H](C)C[C@@]3(C)O[C@@H]3[C@H](C)[C@@H](OC)[C@@H](C)O)O2)CC1. The van der Waals surface area contributed by atoms with Crippen molar-refractivity contribution in [3.63, 3.8) is 0 Å². The number of epoxide rings is 1. The summed E-state index contributed by atoms with van der Waals surface area (Å²) in [4.78, 5) is 26.8. The molecule has 0 spiro atoms.